The first-order valence-electron chi connectivity index (χ1n) is 9.84. The van der Waals surface area contributed by atoms with Crippen LogP contribution in [-0.2, 0) is 16.0 Å². The Labute approximate surface area is 162 Å². The molecule has 0 radical (unpaired) electrons. The third kappa shape index (κ3) is 5.25. The van der Waals surface area contributed by atoms with Crippen molar-refractivity contribution in [1.82, 2.24) is 9.80 Å². The number of carbonyl (C=O) groups is 2. The summed E-state index contributed by atoms with van der Waals surface area (Å²) in [5.74, 6) is -2.52. The maximum absolute atomic E-state index is 12.7. The molecule has 8 heteroatoms. The van der Waals surface area contributed by atoms with E-state index in [4.69, 9.17) is 0 Å². The molecular formula is C20H26F3N3O2. The van der Waals surface area contributed by atoms with Gasteiger partial charge < -0.3 is 15.1 Å². The van der Waals surface area contributed by atoms with E-state index in [1.165, 1.54) is 25.9 Å². The Bertz CT molecular complexity index is 685. The van der Waals surface area contributed by atoms with Crippen molar-refractivity contribution in [2.45, 2.75) is 50.7 Å². The lowest BCUT2D eigenvalue weighted by atomic mass is 10.1. The van der Waals surface area contributed by atoms with Crippen LogP contribution in [0.5, 0.6) is 0 Å². The SMILES string of the molecule is O=C(Nc1ccc(CCCN2CCCC2)cc1)C1CCCN1C(=O)C(F)(F)F. The number of anilines is 1. The number of carbonyl (C=O) groups excluding carboxylic acids is 2. The second-order valence-corrected chi connectivity index (χ2v) is 7.49. The third-order valence-corrected chi connectivity index (χ3v) is 5.42. The van der Waals surface area contributed by atoms with Gasteiger partial charge in [0.15, 0.2) is 0 Å². The number of benzene rings is 1. The monoisotopic (exact) mass is 397 g/mol. The number of nitrogens with one attached hydrogen (secondary N) is 1. The molecule has 2 amide bonds. The van der Waals surface area contributed by atoms with Crippen LogP contribution in [0.2, 0.25) is 0 Å². The molecule has 0 bridgehead atoms. The van der Waals surface area contributed by atoms with Gasteiger partial charge in [-0.2, -0.15) is 13.2 Å². The summed E-state index contributed by atoms with van der Waals surface area (Å²) in [6, 6.07) is 6.29. The highest BCUT2D eigenvalue weighted by Gasteiger charge is 2.47. The van der Waals surface area contributed by atoms with Gasteiger partial charge in [0.2, 0.25) is 5.91 Å². The number of nitrogens with zero attached hydrogens (tertiary/aromatic N) is 2. The summed E-state index contributed by atoms with van der Waals surface area (Å²) in [5, 5.41) is 2.64. The van der Waals surface area contributed by atoms with Gasteiger partial charge in [-0.25, -0.2) is 0 Å². The molecule has 1 aromatic carbocycles. The summed E-state index contributed by atoms with van der Waals surface area (Å²) in [5.41, 5.74) is 1.69. The van der Waals surface area contributed by atoms with E-state index in [0.29, 0.717) is 17.0 Å². The Morgan fingerprint density at radius 3 is 2.36 bits per heavy atom. The molecule has 0 aliphatic carbocycles. The van der Waals surface area contributed by atoms with Crippen molar-refractivity contribution in [3.05, 3.63) is 29.8 Å². The van der Waals surface area contributed by atoms with E-state index in [9.17, 15) is 22.8 Å². The van der Waals surface area contributed by atoms with Crippen molar-refractivity contribution in [1.29, 1.82) is 0 Å². The maximum Gasteiger partial charge on any atom is 0.471 e. The number of rotatable bonds is 6. The fourth-order valence-electron chi connectivity index (χ4n) is 3.94. The van der Waals surface area contributed by atoms with Gasteiger partial charge in [0.25, 0.3) is 0 Å². The number of amides is 2. The van der Waals surface area contributed by atoms with Gasteiger partial charge in [-0.3, -0.25) is 9.59 Å². The number of halogens is 3. The Morgan fingerprint density at radius 1 is 1.04 bits per heavy atom. The maximum atomic E-state index is 12.7. The largest absolute Gasteiger partial charge is 0.471 e. The molecule has 1 atom stereocenters. The highest BCUT2D eigenvalue weighted by molar-refractivity contribution is 5.98. The van der Waals surface area contributed by atoms with Gasteiger partial charge in [0.05, 0.1) is 0 Å². The molecule has 0 spiro atoms. The van der Waals surface area contributed by atoms with Crippen molar-refractivity contribution in [2.75, 3.05) is 31.5 Å². The number of alkyl halides is 3. The smallest absolute Gasteiger partial charge is 0.324 e. The van der Waals surface area contributed by atoms with Gasteiger partial charge >= 0.3 is 12.1 Å². The first-order chi connectivity index (χ1) is 13.3. The normalized spacial score (nSPS) is 20.5. The second kappa shape index (κ2) is 8.94. The average molecular weight is 397 g/mol. The van der Waals surface area contributed by atoms with Gasteiger partial charge in [0.1, 0.15) is 6.04 Å². The number of aryl methyl sites for hydroxylation is 1. The molecule has 5 nitrogen and oxygen atoms in total. The minimum atomic E-state index is -4.96. The van der Waals surface area contributed by atoms with Crippen molar-refractivity contribution < 1.29 is 22.8 Å². The molecule has 2 saturated heterocycles. The predicted molar refractivity (Wildman–Crippen MR) is 99.9 cm³/mol. The molecule has 1 unspecified atom stereocenters. The summed E-state index contributed by atoms with van der Waals surface area (Å²) < 4.78 is 38.1. The standard InChI is InChI=1S/C20H26F3N3O2/c21-20(22,23)19(28)26-14-4-6-17(26)18(27)24-16-9-7-15(8-10-16)5-3-13-25-11-1-2-12-25/h7-10,17H,1-6,11-14H2,(H,24,27). The van der Waals surface area contributed by atoms with Gasteiger partial charge in [0, 0.05) is 12.2 Å². The summed E-state index contributed by atoms with van der Waals surface area (Å²) in [6.45, 7) is 3.40. The molecule has 2 heterocycles. The Balaban J connectivity index is 1.50. The lowest BCUT2D eigenvalue weighted by Gasteiger charge is -2.24. The van der Waals surface area contributed by atoms with Crippen LogP contribution in [-0.4, -0.2) is 60.0 Å². The number of likely N-dealkylation sites (tertiary alicyclic amines) is 2. The molecule has 154 valence electrons. The van der Waals surface area contributed by atoms with Crippen LogP contribution in [0.15, 0.2) is 24.3 Å². The molecule has 2 fully saturated rings. The van der Waals surface area contributed by atoms with E-state index < -0.39 is 24.0 Å². The summed E-state index contributed by atoms with van der Waals surface area (Å²) in [4.78, 5) is 27.0. The molecular weight excluding hydrogens is 371 g/mol. The van der Waals surface area contributed by atoms with E-state index in [0.717, 1.165) is 24.9 Å². The van der Waals surface area contributed by atoms with E-state index >= 15 is 0 Å². The van der Waals surface area contributed by atoms with Crippen LogP contribution in [0.1, 0.15) is 37.7 Å². The lowest BCUT2D eigenvalue weighted by Crippen LogP contribution is -2.48. The zero-order valence-corrected chi connectivity index (χ0v) is 15.8. The number of hydrogen-bond acceptors (Lipinski definition) is 3. The lowest BCUT2D eigenvalue weighted by molar-refractivity contribution is -0.186. The zero-order chi connectivity index (χ0) is 20.1. The topological polar surface area (TPSA) is 52.7 Å². The predicted octanol–water partition coefficient (Wildman–Crippen LogP) is 3.21. The highest BCUT2D eigenvalue weighted by atomic mass is 19.4. The second-order valence-electron chi connectivity index (χ2n) is 7.49. The van der Waals surface area contributed by atoms with Crippen molar-refractivity contribution in [3.63, 3.8) is 0 Å². The van der Waals surface area contributed by atoms with E-state index in [1.54, 1.807) is 12.1 Å². The number of hydrogen-bond donors (Lipinski definition) is 1. The highest BCUT2D eigenvalue weighted by Crippen LogP contribution is 2.26. The Kier molecular flexibility index (Phi) is 6.59. The van der Waals surface area contributed by atoms with Crippen LogP contribution in [0, 0.1) is 0 Å². The van der Waals surface area contributed by atoms with Crippen LogP contribution in [0.25, 0.3) is 0 Å². The molecule has 0 aromatic heterocycles. The fraction of sp³-hybridized carbons (Fsp3) is 0.600. The zero-order valence-electron chi connectivity index (χ0n) is 15.8. The van der Waals surface area contributed by atoms with E-state index in [2.05, 4.69) is 10.2 Å². The van der Waals surface area contributed by atoms with Gasteiger partial charge in [-0.15, -0.1) is 0 Å². The molecule has 1 aromatic rings. The van der Waals surface area contributed by atoms with Gasteiger partial charge in [-0.1, -0.05) is 12.1 Å². The Hall–Kier alpha value is -2.09. The quantitative estimate of drug-likeness (QED) is 0.802. The molecule has 2 aliphatic rings. The molecule has 28 heavy (non-hydrogen) atoms. The molecule has 0 saturated carbocycles. The average Bonchev–Trinajstić information content (AvgIpc) is 3.33. The van der Waals surface area contributed by atoms with Crippen molar-refractivity contribution in [2.24, 2.45) is 0 Å². The van der Waals surface area contributed by atoms with Crippen molar-refractivity contribution in [3.8, 4) is 0 Å². The molecule has 2 aliphatic heterocycles. The van der Waals surface area contributed by atoms with Crippen LogP contribution in [0.3, 0.4) is 0 Å². The minimum Gasteiger partial charge on any atom is -0.324 e. The van der Waals surface area contributed by atoms with Crippen molar-refractivity contribution >= 4 is 17.5 Å². The minimum absolute atomic E-state index is 0.0492. The molecule has 3 rings (SSSR count). The van der Waals surface area contributed by atoms with Crippen LogP contribution in [0.4, 0.5) is 18.9 Å². The Morgan fingerprint density at radius 2 is 1.71 bits per heavy atom. The third-order valence-electron chi connectivity index (χ3n) is 5.42. The van der Waals surface area contributed by atoms with Crippen LogP contribution >= 0.6 is 0 Å². The van der Waals surface area contributed by atoms with Gasteiger partial charge in [-0.05, 0) is 75.9 Å². The summed E-state index contributed by atoms with van der Waals surface area (Å²) in [7, 11) is 0. The molecule has 1 N–H and O–H groups in total. The van der Waals surface area contributed by atoms with Crippen LogP contribution < -0.4 is 5.32 Å². The first kappa shape index (κ1) is 20.6. The first-order valence-corrected chi connectivity index (χ1v) is 9.84. The summed E-state index contributed by atoms with van der Waals surface area (Å²) in [6.07, 6.45) is 0.240. The van der Waals surface area contributed by atoms with E-state index in [-0.39, 0.29) is 13.0 Å². The van der Waals surface area contributed by atoms with E-state index in [1.807, 2.05) is 12.1 Å². The summed E-state index contributed by atoms with van der Waals surface area (Å²) >= 11 is 0. The fourth-order valence-corrected chi connectivity index (χ4v) is 3.94.